The fraction of sp³-hybridized carbons (Fsp3) is 0.412. The van der Waals surface area contributed by atoms with E-state index in [-0.39, 0.29) is 35.4 Å². The van der Waals surface area contributed by atoms with Crippen molar-refractivity contribution in [3.8, 4) is 11.5 Å². The Morgan fingerprint density at radius 3 is 2.35 bits per heavy atom. The summed E-state index contributed by atoms with van der Waals surface area (Å²) in [5, 5.41) is 2.72. The second-order valence-corrected chi connectivity index (χ2v) is 11.2. The number of benzene rings is 2. The minimum absolute atomic E-state index is 0.0319. The molecule has 1 aromatic heterocycles. The molecular weight excluding hydrogens is 605 g/mol. The van der Waals surface area contributed by atoms with Crippen LogP contribution in [0.5, 0.6) is 11.5 Å². The lowest BCUT2D eigenvalue weighted by atomic mass is 9.77. The summed E-state index contributed by atoms with van der Waals surface area (Å²) >= 11 is 0. The van der Waals surface area contributed by atoms with Crippen LogP contribution in [0.4, 0.5) is 13.2 Å². The van der Waals surface area contributed by atoms with Gasteiger partial charge in [-0.2, -0.15) is 13.2 Å². The molecule has 2 aromatic carbocycles. The van der Waals surface area contributed by atoms with Crippen molar-refractivity contribution < 1.29 is 46.5 Å². The van der Waals surface area contributed by atoms with Crippen LogP contribution in [0.3, 0.4) is 0 Å². The van der Waals surface area contributed by atoms with Gasteiger partial charge in [-0.1, -0.05) is 48.9 Å². The molecule has 1 amide bonds. The predicted octanol–water partition coefficient (Wildman–Crippen LogP) is 5.94. The van der Waals surface area contributed by atoms with Gasteiger partial charge in [-0.15, -0.1) is 0 Å². The predicted molar refractivity (Wildman–Crippen MR) is 161 cm³/mol. The third-order valence-electron chi connectivity index (χ3n) is 8.03. The number of nitrogens with one attached hydrogen (secondary N) is 1. The first-order valence-corrected chi connectivity index (χ1v) is 15.0. The van der Waals surface area contributed by atoms with Crippen molar-refractivity contribution in [2.45, 2.75) is 64.3 Å². The number of carbonyl (C=O) groups is 3. The highest BCUT2D eigenvalue weighted by atomic mass is 19.4. The van der Waals surface area contributed by atoms with Crippen LogP contribution in [0.15, 0.2) is 66.9 Å². The molecule has 1 aliphatic heterocycles. The molecule has 0 saturated carbocycles. The number of halogens is 3. The van der Waals surface area contributed by atoms with Crippen LogP contribution >= 0.6 is 0 Å². The van der Waals surface area contributed by atoms with Crippen molar-refractivity contribution in [3.63, 3.8) is 0 Å². The molecule has 2 heterocycles. The van der Waals surface area contributed by atoms with Gasteiger partial charge in [0.15, 0.2) is 17.2 Å². The third-order valence-corrected chi connectivity index (χ3v) is 8.03. The Kier molecular flexibility index (Phi) is 11.6. The molecule has 4 rings (SSSR count). The van der Waals surface area contributed by atoms with Crippen LogP contribution in [-0.4, -0.2) is 48.9 Å². The molecule has 4 atom stereocenters. The number of esters is 2. The lowest BCUT2D eigenvalue weighted by molar-refractivity contribution is -0.154. The Labute approximate surface area is 265 Å². The quantitative estimate of drug-likeness (QED) is 0.214. The van der Waals surface area contributed by atoms with Crippen molar-refractivity contribution >= 4 is 17.8 Å². The SMILES string of the molecule is COc1ccnc(C(=O)N[C@H]2CCC[C@H](Cc3ccc(C(F)(F)F)cc3)[C@@H](Cc3ccccc3)[C@H](C)OC2=O)c1OCOC(C)=O. The topological polar surface area (TPSA) is 113 Å². The van der Waals surface area contributed by atoms with Gasteiger partial charge in [0.2, 0.25) is 6.79 Å². The standard InChI is InChI=1S/C34H37F3N2O7/c1-21-27(19-23-8-5-4-6-9-23)25(18-24-12-14-26(15-13-24)34(35,36)37)10-7-11-28(33(42)46-21)39-32(41)30-31(45-20-44-22(2)40)29(43-3)16-17-38-30/h4-6,8-9,12-17,21,25,27-28H,7,10-11,18-20H2,1-3H3,(H,39,41)/t21-,25+,27-,28-/m0/s1. The van der Waals surface area contributed by atoms with Gasteiger partial charge < -0.3 is 24.3 Å². The van der Waals surface area contributed by atoms with Crippen molar-refractivity contribution in [2.24, 2.45) is 11.8 Å². The molecule has 1 aliphatic rings. The van der Waals surface area contributed by atoms with E-state index in [9.17, 15) is 27.6 Å². The molecule has 12 heteroatoms. The van der Waals surface area contributed by atoms with Crippen LogP contribution in [-0.2, 0) is 38.1 Å². The summed E-state index contributed by atoms with van der Waals surface area (Å²) in [6.07, 6.45) is -1.14. The second-order valence-electron chi connectivity index (χ2n) is 11.2. The van der Waals surface area contributed by atoms with E-state index in [2.05, 4.69) is 10.3 Å². The Bertz CT molecular complexity index is 1480. The number of nitrogens with zero attached hydrogens (tertiary/aromatic N) is 1. The van der Waals surface area contributed by atoms with Crippen molar-refractivity contribution in [1.82, 2.24) is 10.3 Å². The first-order valence-electron chi connectivity index (χ1n) is 15.0. The maximum Gasteiger partial charge on any atom is 0.416 e. The fourth-order valence-electron chi connectivity index (χ4n) is 5.68. The normalized spacial score (nSPS) is 20.3. The van der Waals surface area contributed by atoms with Gasteiger partial charge >= 0.3 is 18.1 Å². The maximum absolute atomic E-state index is 13.5. The lowest BCUT2D eigenvalue weighted by Crippen LogP contribution is -2.43. The zero-order chi connectivity index (χ0) is 33.3. The molecule has 0 aliphatic carbocycles. The van der Waals surface area contributed by atoms with E-state index in [1.165, 1.54) is 38.4 Å². The van der Waals surface area contributed by atoms with E-state index in [1.807, 2.05) is 30.3 Å². The largest absolute Gasteiger partial charge is 0.493 e. The number of alkyl halides is 3. The average molecular weight is 643 g/mol. The van der Waals surface area contributed by atoms with Gasteiger partial charge in [0.05, 0.1) is 12.7 Å². The molecule has 1 N–H and O–H groups in total. The summed E-state index contributed by atoms with van der Waals surface area (Å²) < 4.78 is 61.1. The van der Waals surface area contributed by atoms with Gasteiger partial charge in [-0.25, -0.2) is 9.78 Å². The highest BCUT2D eigenvalue weighted by molar-refractivity contribution is 5.98. The Morgan fingerprint density at radius 1 is 1.00 bits per heavy atom. The second kappa shape index (κ2) is 15.6. The van der Waals surface area contributed by atoms with E-state index in [0.29, 0.717) is 25.7 Å². The van der Waals surface area contributed by atoms with E-state index >= 15 is 0 Å². The summed E-state index contributed by atoms with van der Waals surface area (Å²) in [6.45, 7) is 2.53. The van der Waals surface area contributed by atoms with E-state index in [1.54, 1.807) is 6.92 Å². The molecule has 1 saturated heterocycles. The number of pyridine rings is 1. The monoisotopic (exact) mass is 642 g/mol. The van der Waals surface area contributed by atoms with Crippen LogP contribution in [0.25, 0.3) is 0 Å². The first-order chi connectivity index (χ1) is 22.0. The first kappa shape index (κ1) is 34.3. The van der Waals surface area contributed by atoms with Crippen LogP contribution in [0.2, 0.25) is 0 Å². The van der Waals surface area contributed by atoms with Gasteiger partial charge in [0.25, 0.3) is 5.91 Å². The molecule has 0 bridgehead atoms. The Balaban J connectivity index is 1.55. The Morgan fingerprint density at radius 2 is 1.70 bits per heavy atom. The summed E-state index contributed by atoms with van der Waals surface area (Å²) in [6, 6.07) is 15.4. The molecular formula is C34H37F3N2O7. The highest BCUT2D eigenvalue weighted by Crippen LogP contribution is 2.35. The lowest BCUT2D eigenvalue weighted by Gasteiger charge is -2.31. The molecule has 0 radical (unpaired) electrons. The average Bonchev–Trinajstić information content (AvgIpc) is 3.06. The molecule has 246 valence electrons. The zero-order valence-corrected chi connectivity index (χ0v) is 25.8. The van der Waals surface area contributed by atoms with E-state index in [0.717, 1.165) is 23.3 Å². The van der Waals surface area contributed by atoms with Crippen LogP contribution in [0.1, 0.15) is 60.3 Å². The molecule has 0 unspecified atom stereocenters. The van der Waals surface area contributed by atoms with Gasteiger partial charge in [0.1, 0.15) is 12.1 Å². The van der Waals surface area contributed by atoms with Crippen molar-refractivity contribution in [3.05, 3.63) is 89.2 Å². The maximum atomic E-state index is 13.5. The molecule has 3 aromatic rings. The number of cyclic esters (lactones) is 1. The molecule has 46 heavy (non-hydrogen) atoms. The zero-order valence-electron chi connectivity index (χ0n) is 25.8. The van der Waals surface area contributed by atoms with Gasteiger partial charge in [-0.05, 0) is 61.8 Å². The van der Waals surface area contributed by atoms with Gasteiger partial charge in [0, 0.05) is 25.1 Å². The Hall–Kier alpha value is -4.61. The smallest absolute Gasteiger partial charge is 0.416 e. The minimum Gasteiger partial charge on any atom is -0.493 e. The minimum atomic E-state index is -4.43. The number of carbonyl (C=O) groups excluding carboxylic acids is 3. The van der Waals surface area contributed by atoms with Crippen LogP contribution < -0.4 is 14.8 Å². The number of methoxy groups -OCH3 is 1. The summed E-state index contributed by atoms with van der Waals surface area (Å²) in [5.41, 5.74) is 0.915. The summed E-state index contributed by atoms with van der Waals surface area (Å²) in [7, 11) is 1.37. The van der Waals surface area contributed by atoms with Crippen LogP contribution in [0, 0.1) is 11.8 Å². The number of ether oxygens (including phenoxy) is 4. The van der Waals surface area contributed by atoms with Gasteiger partial charge in [-0.3, -0.25) is 9.59 Å². The summed E-state index contributed by atoms with van der Waals surface area (Å²) in [5.74, 6) is -1.98. The van der Waals surface area contributed by atoms with Crippen molar-refractivity contribution in [1.29, 1.82) is 0 Å². The molecule has 1 fully saturated rings. The molecule has 0 spiro atoms. The number of amides is 1. The number of rotatable bonds is 10. The van der Waals surface area contributed by atoms with E-state index in [4.69, 9.17) is 18.9 Å². The number of aromatic nitrogens is 1. The number of hydrogen-bond acceptors (Lipinski definition) is 8. The molecule has 9 nitrogen and oxygen atoms in total. The van der Waals surface area contributed by atoms with Crippen molar-refractivity contribution in [2.75, 3.05) is 13.9 Å². The summed E-state index contributed by atoms with van der Waals surface area (Å²) in [4.78, 5) is 42.2. The highest BCUT2D eigenvalue weighted by Gasteiger charge is 2.35. The van der Waals surface area contributed by atoms with E-state index < -0.39 is 48.5 Å². The number of hydrogen-bond donors (Lipinski definition) is 1. The fourth-order valence-corrected chi connectivity index (χ4v) is 5.68. The third kappa shape index (κ3) is 9.21.